The summed E-state index contributed by atoms with van der Waals surface area (Å²) in [7, 11) is 0. The molecule has 0 aromatic heterocycles. The Kier molecular flexibility index (Phi) is 6.26. The van der Waals surface area contributed by atoms with Gasteiger partial charge in [-0.2, -0.15) is 0 Å². The summed E-state index contributed by atoms with van der Waals surface area (Å²) in [5.74, 6) is 0.332. The smallest absolute Gasteiger partial charge is 0.410 e. The minimum absolute atomic E-state index is 0.0450. The molecular weight excluding hydrogens is 359 g/mol. The highest BCUT2D eigenvalue weighted by molar-refractivity contribution is 5.86. The van der Waals surface area contributed by atoms with Crippen molar-refractivity contribution in [3.63, 3.8) is 0 Å². The molecule has 154 valence electrons. The van der Waals surface area contributed by atoms with Gasteiger partial charge in [0.2, 0.25) is 5.91 Å². The van der Waals surface area contributed by atoms with Crippen molar-refractivity contribution in [2.75, 3.05) is 19.6 Å². The average Bonchev–Trinajstić information content (AvgIpc) is 3.12. The Balaban J connectivity index is 1.52. The van der Waals surface area contributed by atoms with E-state index in [0.717, 1.165) is 31.2 Å². The number of carbonyl (C=O) groups is 2. The maximum atomic E-state index is 13.1. The van der Waals surface area contributed by atoms with Crippen LogP contribution in [0.5, 0.6) is 0 Å². The number of rotatable bonds is 3. The van der Waals surface area contributed by atoms with Gasteiger partial charge in [-0.15, -0.1) is 0 Å². The van der Waals surface area contributed by atoms with Crippen LogP contribution in [0.1, 0.15) is 52.0 Å². The number of nitrogens with zero attached hydrogens (tertiary/aromatic N) is 2. The zero-order valence-corrected chi connectivity index (χ0v) is 17.1. The molecular formula is C22H31FN2O3. The van der Waals surface area contributed by atoms with E-state index in [1.54, 1.807) is 4.90 Å². The first-order valence-electron chi connectivity index (χ1n) is 10.3. The van der Waals surface area contributed by atoms with Crippen LogP contribution in [-0.4, -0.2) is 53.1 Å². The van der Waals surface area contributed by atoms with Crippen LogP contribution in [0.25, 0.3) is 0 Å². The van der Waals surface area contributed by atoms with Gasteiger partial charge in [0.05, 0.1) is 0 Å². The number of amides is 2. The first-order valence-corrected chi connectivity index (χ1v) is 10.3. The van der Waals surface area contributed by atoms with Gasteiger partial charge in [0.15, 0.2) is 0 Å². The second kappa shape index (κ2) is 8.50. The van der Waals surface area contributed by atoms with Gasteiger partial charge in [0.1, 0.15) is 17.5 Å². The third-order valence-electron chi connectivity index (χ3n) is 5.53. The number of piperidine rings is 1. The highest BCUT2D eigenvalue weighted by atomic mass is 19.1. The van der Waals surface area contributed by atoms with Crippen LogP contribution in [0.4, 0.5) is 9.18 Å². The quantitative estimate of drug-likeness (QED) is 0.784. The summed E-state index contributed by atoms with van der Waals surface area (Å²) in [6.45, 7) is 7.51. The fourth-order valence-electron chi connectivity index (χ4n) is 4.08. The molecule has 2 heterocycles. The van der Waals surface area contributed by atoms with Crippen LogP contribution in [0.15, 0.2) is 24.3 Å². The Morgan fingerprint density at radius 3 is 2.32 bits per heavy atom. The lowest BCUT2D eigenvalue weighted by Gasteiger charge is -2.36. The van der Waals surface area contributed by atoms with Gasteiger partial charge in [0.25, 0.3) is 0 Å². The Labute approximate surface area is 166 Å². The molecule has 2 aliphatic rings. The lowest BCUT2D eigenvalue weighted by Crippen LogP contribution is -2.51. The highest BCUT2D eigenvalue weighted by Gasteiger charge is 2.39. The molecule has 6 heteroatoms. The third-order valence-corrected chi connectivity index (χ3v) is 5.53. The molecule has 1 aromatic rings. The Hall–Kier alpha value is -2.11. The van der Waals surface area contributed by atoms with E-state index < -0.39 is 17.7 Å². The maximum Gasteiger partial charge on any atom is 0.410 e. The molecule has 28 heavy (non-hydrogen) atoms. The molecule has 5 nitrogen and oxygen atoms in total. The van der Waals surface area contributed by atoms with Crippen molar-refractivity contribution in [1.29, 1.82) is 0 Å². The number of carbonyl (C=O) groups excluding carboxylic acids is 2. The lowest BCUT2D eigenvalue weighted by molar-refractivity contribution is -0.137. The van der Waals surface area contributed by atoms with Gasteiger partial charge < -0.3 is 9.64 Å². The van der Waals surface area contributed by atoms with Crippen LogP contribution in [0, 0.1) is 11.7 Å². The number of likely N-dealkylation sites (tertiary alicyclic amines) is 2. The van der Waals surface area contributed by atoms with Crippen molar-refractivity contribution in [1.82, 2.24) is 9.80 Å². The summed E-state index contributed by atoms with van der Waals surface area (Å²) < 4.78 is 18.5. The normalized spacial score (nSPS) is 21.1. The van der Waals surface area contributed by atoms with Gasteiger partial charge in [-0.05, 0) is 76.5 Å². The minimum Gasteiger partial charge on any atom is -0.444 e. The number of hydrogen-bond acceptors (Lipinski definition) is 3. The fraction of sp³-hybridized carbons (Fsp3) is 0.636. The molecule has 0 N–H and O–H groups in total. The predicted octanol–water partition coefficient (Wildman–Crippen LogP) is 4.01. The van der Waals surface area contributed by atoms with Gasteiger partial charge in [-0.25, -0.2) is 9.18 Å². The fourth-order valence-corrected chi connectivity index (χ4v) is 4.08. The number of benzene rings is 1. The summed E-state index contributed by atoms with van der Waals surface area (Å²) in [6, 6.07) is 6.27. The first kappa shape index (κ1) is 20.6. The summed E-state index contributed by atoms with van der Waals surface area (Å²) in [5.41, 5.74) is 0.574. The van der Waals surface area contributed by atoms with Gasteiger partial charge in [-0.1, -0.05) is 12.1 Å². The zero-order valence-electron chi connectivity index (χ0n) is 17.1. The molecule has 0 bridgehead atoms. The zero-order chi connectivity index (χ0) is 20.3. The van der Waals surface area contributed by atoms with E-state index in [1.165, 1.54) is 12.1 Å². The number of ether oxygens (including phenoxy) is 1. The average molecular weight is 390 g/mol. The van der Waals surface area contributed by atoms with Crippen LogP contribution in [0.2, 0.25) is 0 Å². The van der Waals surface area contributed by atoms with Crippen molar-refractivity contribution >= 4 is 12.0 Å². The summed E-state index contributed by atoms with van der Waals surface area (Å²) in [6.07, 6.45) is 3.92. The first-order chi connectivity index (χ1) is 13.2. The molecule has 1 unspecified atom stereocenters. The molecule has 1 atom stereocenters. The van der Waals surface area contributed by atoms with Crippen molar-refractivity contribution in [3.05, 3.63) is 35.6 Å². The monoisotopic (exact) mass is 390 g/mol. The predicted molar refractivity (Wildman–Crippen MR) is 105 cm³/mol. The maximum absolute atomic E-state index is 13.1. The van der Waals surface area contributed by atoms with E-state index in [1.807, 2.05) is 37.8 Å². The second-order valence-corrected chi connectivity index (χ2v) is 8.93. The SMILES string of the molecule is CC(C)(C)OC(=O)N1CCCC1C(=O)N1CCC(Cc2ccc(F)cc2)CC1. The van der Waals surface area contributed by atoms with E-state index in [9.17, 15) is 14.0 Å². The van der Waals surface area contributed by atoms with Crippen molar-refractivity contribution in [2.45, 2.75) is 64.5 Å². The number of hydrogen-bond donors (Lipinski definition) is 0. The standard InChI is InChI=1S/C22H31FN2O3/c1-22(2,3)28-21(27)25-12-4-5-19(25)20(26)24-13-10-17(11-14-24)15-16-6-8-18(23)9-7-16/h6-9,17,19H,4-5,10-15H2,1-3H3. The molecule has 0 saturated carbocycles. The van der Waals surface area contributed by atoms with E-state index in [-0.39, 0.29) is 11.7 Å². The minimum atomic E-state index is -0.564. The van der Waals surface area contributed by atoms with E-state index in [0.29, 0.717) is 32.0 Å². The Bertz CT molecular complexity index is 691. The summed E-state index contributed by atoms with van der Waals surface area (Å²) >= 11 is 0. The summed E-state index contributed by atoms with van der Waals surface area (Å²) in [4.78, 5) is 29.0. The molecule has 2 aliphatic heterocycles. The van der Waals surface area contributed by atoms with Gasteiger partial charge in [-0.3, -0.25) is 9.69 Å². The lowest BCUT2D eigenvalue weighted by atomic mass is 9.90. The molecule has 0 spiro atoms. The molecule has 2 fully saturated rings. The molecule has 1 aromatic carbocycles. The molecule has 0 radical (unpaired) electrons. The van der Waals surface area contributed by atoms with Crippen molar-refractivity contribution in [2.24, 2.45) is 5.92 Å². The topological polar surface area (TPSA) is 49.9 Å². The summed E-state index contributed by atoms with van der Waals surface area (Å²) in [5, 5.41) is 0. The molecule has 0 aliphatic carbocycles. The molecule has 2 amide bonds. The highest BCUT2D eigenvalue weighted by Crippen LogP contribution is 2.26. The van der Waals surface area contributed by atoms with E-state index >= 15 is 0 Å². The largest absolute Gasteiger partial charge is 0.444 e. The van der Waals surface area contributed by atoms with Crippen molar-refractivity contribution < 1.29 is 18.7 Å². The second-order valence-electron chi connectivity index (χ2n) is 8.93. The van der Waals surface area contributed by atoms with Crippen LogP contribution in [-0.2, 0) is 16.0 Å². The van der Waals surface area contributed by atoms with Crippen molar-refractivity contribution in [3.8, 4) is 0 Å². The van der Waals surface area contributed by atoms with E-state index in [4.69, 9.17) is 4.74 Å². The molecule has 2 saturated heterocycles. The molecule has 3 rings (SSSR count). The third kappa shape index (κ3) is 5.24. The Morgan fingerprint density at radius 1 is 1.07 bits per heavy atom. The van der Waals surface area contributed by atoms with Gasteiger partial charge >= 0.3 is 6.09 Å². The number of halogens is 1. The van der Waals surface area contributed by atoms with Crippen LogP contribution < -0.4 is 0 Å². The van der Waals surface area contributed by atoms with Crippen LogP contribution >= 0.6 is 0 Å². The Morgan fingerprint density at radius 2 is 1.71 bits per heavy atom. The van der Waals surface area contributed by atoms with Crippen LogP contribution in [0.3, 0.4) is 0 Å². The van der Waals surface area contributed by atoms with E-state index in [2.05, 4.69) is 0 Å². The van der Waals surface area contributed by atoms with Gasteiger partial charge in [0, 0.05) is 19.6 Å².